The minimum absolute atomic E-state index is 0.130. The van der Waals surface area contributed by atoms with Crippen molar-refractivity contribution >= 4 is 0 Å². The molecule has 0 bridgehead atoms. The Kier molecular flexibility index (Phi) is 3.35. The first-order chi connectivity index (χ1) is 12.0. The molecule has 0 N–H and O–H groups in total. The summed E-state index contributed by atoms with van der Waals surface area (Å²) in [6, 6.07) is 2.51. The molecule has 25 heavy (non-hydrogen) atoms. The van der Waals surface area contributed by atoms with Gasteiger partial charge in [0.05, 0.1) is 19.3 Å². The molecule has 1 heterocycles. The van der Waals surface area contributed by atoms with Crippen molar-refractivity contribution in [2.24, 2.45) is 28.6 Å². The van der Waals surface area contributed by atoms with Crippen LogP contribution in [0.1, 0.15) is 58.8 Å². The van der Waals surface area contributed by atoms with Crippen LogP contribution in [0.2, 0.25) is 0 Å². The Hall–Kier alpha value is -1.11. The van der Waals surface area contributed by atoms with E-state index >= 15 is 0 Å². The van der Waals surface area contributed by atoms with Gasteiger partial charge < -0.3 is 9.47 Å². The molecule has 0 unspecified atom stereocenters. The Balaban J connectivity index is 1.46. The summed E-state index contributed by atoms with van der Waals surface area (Å²) >= 11 is 0. The van der Waals surface area contributed by atoms with Crippen LogP contribution < -0.4 is 0 Å². The van der Waals surface area contributed by atoms with Crippen molar-refractivity contribution in [3.8, 4) is 6.07 Å². The largest absolute Gasteiger partial charge is 0.347 e. The summed E-state index contributed by atoms with van der Waals surface area (Å²) in [5.74, 6) is 1.83. The Morgan fingerprint density at radius 2 is 1.80 bits per heavy atom. The summed E-state index contributed by atoms with van der Waals surface area (Å²) in [5, 5.41) is 9.56. The predicted octanol–water partition coefficient (Wildman–Crippen LogP) is 4.75. The highest BCUT2D eigenvalue weighted by atomic mass is 16.7. The lowest BCUT2D eigenvalue weighted by molar-refractivity contribution is -0.184. The quantitative estimate of drug-likeness (QED) is 0.598. The van der Waals surface area contributed by atoms with Crippen LogP contribution in [0.15, 0.2) is 23.3 Å². The number of nitriles is 1. The van der Waals surface area contributed by atoms with E-state index in [1.54, 1.807) is 5.57 Å². The van der Waals surface area contributed by atoms with Crippen molar-refractivity contribution in [2.45, 2.75) is 64.6 Å². The normalized spacial score (nSPS) is 47.3. The van der Waals surface area contributed by atoms with Crippen molar-refractivity contribution in [3.63, 3.8) is 0 Å². The molecule has 134 valence electrons. The average Bonchev–Trinajstić information content (AvgIpc) is 3.19. The van der Waals surface area contributed by atoms with Gasteiger partial charge in [-0.3, -0.25) is 0 Å². The van der Waals surface area contributed by atoms with E-state index in [0.717, 1.165) is 49.9 Å². The van der Waals surface area contributed by atoms with Gasteiger partial charge in [-0.25, -0.2) is 0 Å². The zero-order chi connectivity index (χ0) is 17.3. The Morgan fingerprint density at radius 3 is 2.56 bits per heavy atom. The number of hydrogen-bond donors (Lipinski definition) is 0. The van der Waals surface area contributed by atoms with Gasteiger partial charge in [0.1, 0.15) is 0 Å². The second-order valence-electron chi connectivity index (χ2n) is 9.47. The van der Waals surface area contributed by atoms with Crippen molar-refractivity contribution in [1.82, 2.24) is 0 Å². The lowest BCUT2D eigenvalue weighted by Crippen LogP contribution is -2.52. The standard InChI is InChI=1S/C22H29NO2/c1-20-8-7-19-17(18(20)6-4-16(20)14-23)5-3-15-13-22(24-11-12-25-22)10-9-21(15,19)2/h3-4,17-19H,5-13H2,1-2H3/t17-,18+,19-,20+,21-/m0/s1. The number of nitrogens with zero attached hydrogens (tertiary/aromatic N) is 1. The van der Waals surface area contributed by atoms with E-state index in [0.29, 0.717) is 11.3 Å². The van der Waals surface area contributed by atoms with E-state index in [4.69, 9.17) is 9.47 Å². The second-order valence-corrected chi connectivity index (χ2v) is 9.47. The fourth-order valence-corrected chi connectivity index (χ4v) is 7.09. The summed E-state index contributed by atoms with van der Waals surface area (Å²) in [4.78, 5) is 0. The average molecular weight is 339 g/mol. The number of allylic oxidation sites excluding steroid dienone is 3. The molecule has 0 radical (unpaired) electrons. The SMILES string of the molecule is C[C@]12CCC3(CC1=CC[C@H]1[C@H]4CC=C(C#N)[C@@]4(C)CC[C@@H]12)OCCO3. The summed E-state index contributed by atoms with van der Waals surface area (Å²) in [7, 11) is 0. The van der Waals surface area contributed by atoms with Crippen molar-refractivity contribution in [3.05, 3.63) is 23.3 Å². The van der Waals surface area contributed by atoms with Gasteiger partial charge in [-0.15, -0.1) is 0 Å². The molecule has 5 rings (SSSR count). The minimum atomic E-state index is -0.315. The molecular weight excluding hydrogens is 310 g/mol. The van der Waals surface area contributed by atoms with Crippen molar-refractivity contribution < 1.29 is 9.47 Å². The molecule has 5 atom stereocenters. The highest BCUT2D eigenvalue weighted by Gasteiger charge is 2.58. The topological polar surface area (TPSA) is 42.2 Å². The van der Waals surface area contributed by atoms with Crippen LogP contribution in [0.25, 0.3) is 0 Å². The maximum Gasteiger partial charge on any atom is 0.172 e. The maximum atomic E-state index is 9.56. The van der Waals surface area contributed by atoms with E-state index in [1.807, 2.05) is 0 Å². The highest BCUT2D eigenvalue weighted by Crippen LogP contribution is 2.65. The third-order valence-corrected chi connectivity index (χ3v) is 8.63. The lowest BCUT2D eigenvalue weighted by Gasteiger charge is -2.58. The summed E-state index contributed by atoms with van der Waals surface area (Å²) in [6.45, 7) is 6.36. The fourth-order valence-electron chi connectivity index (χ4n) is 7.09. The second kappa shape index (κ2) is 5.21. The maximum absolute atomic E-state index is 9.56. The molecule has 1 saturated heterocycles. The zero-order valence-electron chi connectivity index (χ0n) is 15.5. The molecule has 2 saturated carbocycles. The van der Waals surface area contributed by atoms with Crippen LogP contribution in [0.5, 0.6) is 0 Å². The molecule has 0 aromatic carbocycles. The van der Waals surface area contributed by atoms with Crippen molar-refractivity contribution in [2.75, 3.05) is 13.2 Å². The van der Waals surface area contributed by atoms with E-state index < -0.39 is 0 Å². The van der Waals surface area contributed by atoms with Crippen LogP contribution in [0.4, 0.5) is 0 Å². The third-order valence-electron chi connectivity index (χ3n) is 8.63. The molecule has 0 amide bonds. The molecular formula is C22H29NO2. The van der Waals surface area contributed by atoms with Crippen LogP contribution in [0, 0.1) is 39.9 Å². The summed E-state index contributed by atoms with van der Waals surface area (Å²) < 4.78 is 12.0. The van der Waals surface area contributed by atoms with E-state index in [9.17, 15) is 5.26 Å². The zero-order valence-corrected chi connectivity index (χ0v) is 15.5. The molecule has 3 heteroatoms. The van der Waals surface area contributed by atoms with Gasteiger partial charge in [0, 0.05) is 23.8 Å². The fraction of sp³-hybridized carbons (Fsp3) is 0.773. The number of fused-ring (bicyclic) bond motifs is 5. The van der Waals surface area contributed by atoms with Gasteiger partial charge in [-0.2, -0.15) is 5.26 Å². The summed E-state index contributed by atoms with van der Waals surface area (Å²) in [5.41, 5.74) is 3.09. The first-order valence-electron chi connectivity index (χ1n) is 10.1. The van der Waals surface area contributed by atoms with Crippen LogP contribution in [-0.4, -0.2) is 19.0 Å². The number of hydrogen-bond acceptors (Lipinski definition) is 3. The third kappa shape index (κ3) is 2.04. The van der Waals surface area contributed by atoms with Gasteiger partial charge >= 0.3 is 0 Å². The molecule has 0 aromatic heterocycles. The molecule has 0 aromatic rings. The molecule has 1 spiro atoms. The molecule has 3 nitrogen and oxygen atoms in total. The van der Waals surface area contributed by atoms with Crippen LogP contribution in [-0.2, 0) is 9.47 Å². The minimum Gasteiger partial charge on any atom is -0.347 e. The molecule has 1 aliphatic heterocycles. The number of rotatable bonds is 0. The first-order valence-corrected chi connectivity index (χ1v) is 10.1. The molecule has 5 aliphatic rings. The Morgan fingerprint density at radius 1 is 1.00 bits per heavy atom. The monoisotopic (exact) mass is 339 g/mol. The molecule has 4 aliphatic carbocycles. The van der Waals surface area contributed by atoms with E-state index in [2.05, 4.69) is 32.1 Å². The van der Waals surface area contributed by atoms with E-state index in [1.165, 1.54) is 25.7 Å². The lowest BCUT2D eigenvalue weighted by atomic mass is 9.47. The van der Waals surface area contributed by atoms with Gasteiger partial charge in [0.2, 0.25) is 0 Å². The van der Waals surface area contributed by atoms with Crippen molar-refractivity contribution in [1.29, 1.82) is 5.26 Å². The van der Waals surface area contributed by atoms with Gasteiger partial charge in [0.25, 0.3) is 0 Å². The highest BCUT2D eigenvalue weighted by molar-refractivity contribution is 5.37. The Labute approximate surface area is 151 Å². The Bertz CT molecular complexity index is 695. The molecule has 3 fully saturated rings. The van der Waals surface area contributed by atoms with E-state index in [-0.39, 0.29) is 11.2 Å². The first kappa shape index (κ1) is 16.1. The van der Waals surface area contributed by atoms with Gasteiger partial charge in [-0.05, 0) is 55.3 Å². The smallest absolute Gasteiger partial charge is 0.172 e. The number of ether oxygens (including phenoxy) is 2. The summed E-state index contributed by atoms with van der Waals surface area (Å²) in [6.07, 6.45) is 12.7. The van der Waals surface area contributed by atoms with Gasteiger partial charge in [-0.1, -0.05) is 31.6 Å². The predicted molar refractivity (Wildman–Crippen MR) is 95.4 cm³/mol. The van der Waals surface area contributed by atoms with Gasteiger partial charge in [0.15, 0.2) is 5.79 Å². The van der Waals surface area contributed by atoms with Crippen LogP contribution >= 0.6 is 0 Å². The van der Waals surface area contributed by atoms with Crippen LogP contribution in [0.3, 0.4) is 0 Å².